The van der Waals surface area contributed by atoms with Crippen molar-refractivity contribution in [3.63, 3.8) is 0 Å². The monoisotopic (exact) mass is 436 g/mol. The predicted octanol–water partition coefficient (Wildman–Crippen LogP) is 3.63. The second-order valence-electron chi connectivity index (χ2n) is 8.14. The number of carbonyl (C=O) groups is 3. The highest BCUT2D eigenvalue weighted by Crippen LogP contribution is 2.35. The van der Waals surface area contributed by atoms with Gasteiger partial charge < -0.3 is 19.8 Å². The average molecular weight is 437 g/mol. The van der Waals surface area contributed by atoms with Gasteiger partial charge in [0.1, 0.15) is 5.75 Å². The first kappa shape index (κ1) is 23.1. The maximum Gasteiger partial charge on any atom is 0.347 e. The van der Waals surface area contributed by atoms with Gasteiger partial charge in [0.05, 0.1) is 23.6 Å². The molecule has 1 aromatic heterocycles. The van der Waals surface area contributed by atoms with Crippen LogP contribution in [-0.2, 0) is 20.9 Å². The quantitative estimate of drug-likeness (QED) is 0.314. The van der Waals surface area contributed by atoms with Crippen molar-refractivity contribution in [2.75, 3.05) is 7.11 Å². The van der Waals surface area contributed by atoms with E-state index in [0.717, 1.165) is 5.56 Å². The minimum Gasteiger partial charge on any atom is -0.478 e. The minimum absolute atomic E-state index is 0.175. The summed E-state index contributed by atoms with van der Waals surface area (Å²) in [6, 6.07) is 15.1. The van der Waals surface area contributed by atoms with E-state index >= 15 is 0 Å². The van der Waals surface area contributed by atoms with Gasteiger partial charge in [0, 0.05) is 12.2 Å². The highest BCUT2D eigenvalue weighted by molar-refractivity contribution is 6.45. The maximum atomic E-state index is 12.8. The van der Waals surface area contributed by atoms with Crippen molar-refractivity contribution >= 4 is 28.6 Å². The lowest BCUT2D eigenvalue weighted by atomic mass is 10.0. The molecule has 168 valence electrons. The maximum absolute atomic E-state index is 12.8. The summed E-state index contributed by atoms with van der Waals surface area (Å²) in [7, 11) is 1.31. The molecule has 3 aromatic rings. The van der Waals surface area contributed by atoms with Crippen LogP contribution in [0.4, 0.5) is 0 Å². The second kappa shape index (κ2) is 9.68. The molecular weight excluding hydrogens is 408 g/mol. The van der Waals surface area contributed by atoms with Gasteiger partial charge in [0.25, 0.3) is 11.7 Å². The fourth-order valence-electron chi connectivity index (χ4n) is 3.87. The summed E-state index contributed by atoms with van der Waals surface area (Å²) in [5.74, 6) is -1.84. The number of primary amides is 1. The standard InChI is InChI=1S/C25H28N2O5/c1-15(2)13-20(25(30)31-4)32-19-12-8-11-18-22(19)21(23(28)24(26)29)16(3)27(18)14-17-9-6-5-7-10-17/h5-12,15,20H,13-14H2,1-4H3,(H2,26,29). The van der Waals surface area contributed by atoms with Gasteiger partial charge in [0.2, 0.25) is 0 Å². The van der Waals surface area contributed by atoms with Gasteiger partial charge >= 0.3 is 5.97 Å². The summed E-state index contributed by atoms with van der Waals surface area (Å²) in [5.41, 5.74) is 7.89. The lowest BCUT2D eigenvalue weighted by Gasteiger charge is -2.19. The SMILES string of the molecule is COC(=O)C(CC(C)C)Oc1cccc2c1c(C(=O)C(N)=O)c(C)n2Cc1ccccc1. The second-order valence-corrected chi connectivity index (χ2v) is 8.14. The third-order valence-electron chi connectivity index (χ3n) is 5.36. The molecular formula is C25H28N2O5. The van der Waals surface area contributed by atoms with Crippen molar-refractivity contribution in [2.45, 2.75) is 39.8 Å². The molecule has 0 fully saturated rings. The third kappa shape index (κ3) is 4.66. The number of carbonyl (C=O) groups excluding carboxylic acids is 3. The fourth-order valence-corrected chi connectivity index (χ4v) is 3.87. The summed E-state index contributed by atoms with van der Waals surface area (Å²) in [6.45, 7) is 6.21. The molecule has 1 heterocycles. The van der Waals surface area contributed by atoms with Crippen LogP contribution in [0.15, 0.2) is 48.5 Å². The first-order valence-corrected chi connectivity index (χ1v) is 10.5. The van der Waals surface area contributed by atoms with E-state index < -0.39 is 23.8 Å². The van der Waals surface area contributed by atoms with Crippen molar-refractivity contribution in [1.29, 1.82) is 0 Å². The Hall–Kier alpha value is -3.61. The van der Waals surface area contributed by atoms with Gasteiger partial charge in [-0.3, -0.25) is 9.59 Å². The van der Waals surface area contributed by atoms with Crippen LogP contribution in [0.1, 0.15) is 41.9 Å². The van der Waals surface area contributed by atoms with Crippen molar-refractivity contribution in [2.24, 2.45) is 11.7 Å². The molecule has 2 aromatic carbocycles. The number of aromatic nitrogens is 1. The van der Waals surface area contributed by atoms with Gasteiger partial charge in [0.15, 0.2) is 6.10 Å². The summed E-state index contributed by atoms with van der Waals surface area (Å²) in [6.07, 6.45) is -0.411. The van der Waals surface area contributed by atoms with Crippen molar-refractivity contribution in [1.82, 2.24) is 4.57 Å². The Balaban J connectivity index is 2.20. The number of ketones is 1. The number of hydrogen-bond donors (Lipinski definition) is 1. The number of rotatable bonds is 9. The Morgan fingerprint density at radius 1 is 1.03 bits per heavy atom. The molecule has 0 spiro atoms. The number of esters is 1. The lowest BCUT2D eigenvalue weighted by molar-refractivity contribution is -0.149. The van der Waals surface area contributed by atoms with Crippen LogP contribution in [0.5, 0.6) is 5.75 Å². The van der Waals surface area contributed by atoms with Crippen molar-refractivity contribution < 1.29 is 23.9 Å². The summed E-state index contributed by atoms with van der Waals surface area (Å²) >= 11 is 0. The molecule has 32 heavy (non-hydrogen) atoms. The zero-order valence-electron chi connectivity index (χ0n) is 18.8. The van der Waals surface area contributed by atoms with Crippen LogP contribution in [0, 0.1) is 12.8 Å². The van der Waals surface area contributed by atoms with Crippen molar-refractivity contribution in [3.8, 4) is 5.75 Å². The van der Waals surface area contributed by atoms with Gasteiger partial charge in [-0.15, -0.1) is 0 Å². The average Bonchev–Trinajstić information content (AvgIpc) is 3.04. The molecule has 0 bridgehead atoms. The van der Waals surface area contributed by atoms with Crippen LogP contribution in [0.25, 0.3) is 10.9 Å². The molecule has 0 aliphatic heterocycles. The summed E-state index contributed by atoms with van der Waals surface area (Å²) < 4.78 is 12.9. The highest BCUT2D eigenvalue weighted by Gasteiger charge is 2.29. The number of methoxy groups -OCH3 is 1. The highest BCUT2D eigenvalue weighted by atomic mass is 16.6. The molecule has 0 radical (unpaired) electrons. The van der Waals surface area contributed by atoms with Crippen LogP contribution in [0.3, 0.4) is 0 Å². The first-order valence-electron chi connectivity index (χ1n) is 10.5. The Morgan fingerprint density at radius 3 is 2.31 bits per heavy atom. The number of benzene rings is 2. The first-order chi connectivity index (χ1) is 15.2. The molecule has 0 saturated heterocycles. The number of Topliss-reactive ketones (excluding diaryl/α,β-unsaturated/α-hetero) is 1. The molecule has 1 atom stereocenters. The van der Waals surface area contributed by atoms with E-state index in [1.54, 1.807) is 19.1 Å². The molecule has 7 nitrogen and oxygen atoms in total. The predicted molar refractivity (Wildman–Crippen MR) is 122 cm³/mol. The fraction of sp³-hybridized carbons (Fsp3) is 0.320. The Kier molecular flexibility index (Phi) is 6.98. The summed E-state index contributed by atoms with van der Waals surface area (Å²) in [5, 5.41) is 0.461. The molecule has 7 heteroatoms. The number of hydrogen-bond acceptors (Lipinski definition) is 5. The van der Waals surface area contributed by atoms with E-state index in [9.17, 15) is 14.4 Å². The molecule has 0 saturated carbocycles. The topological polar surface area (TPSA) is 101 Å². The Morgan fingerprint density at radius 2 is 1.72 bits per heavy atom. The summed E-state index contributed by atoms with van der Waals surface area (Å²) in [4.78, 5) is 37.0. The molecule has 3 rings (SSSR count). The molecule has 0 aliphatic carbocycles. The van der Waals surface area contributed by atoms with Gasteiger partial charge in [-0.2, -0.15) is 0 Å². The number of nitrogens with two attached hydrogens (primary N) is 1. The number of ether oxygens (including phenoxy) is 2. The van der Waals surface area contributed by atoms with E-state index in [4.69, 9.17) is 15.2 Å². The van der Waals surface area contributed by atoms with E-state index in [1.807, 2.05) is 54.8 Å². The zero-order valence-corrected chi connectivity index (χ0v) is 18.8. The number of fused-ring (bicyclic) bond motifs is 1. The number of amides is 1. The van der Waals surface area contributed by atoms with E-state index in [-0.39, 0.29) is 11.5 Å². The van der Waals surface area contributed by atoms with Crippen LogP contribution >= 0.6 is 0 Å². The zero-order chi connectivity index (χ0) is 23.4. The largest absolute Gasteiger partial charge is 0.478 e. The molecule has 0 aliphatic rings. The normalized spacial score (nSPS) is 12.0. The van der Waals surface area contributed by atoms with Crippen LogP contribution < -0.4 is 10.5 Å². The Bertz CT molecular complexity index is 1150. The molecule has 1 amide bonds. The van der Waals surface area contributed by atoms with Gasteiger partial charge in [-0.25, -0.2) is 4.79 Å². The number of nitrogens with zero attached hydrogens (tertiary/aromatic N) is 1. The molecule has 1 unspecified atom stereocenters. The van der Waals surface area contributed by atoms with Crippen molar-refractivity contribution in [3.05, 3.63) is 65.4 Å². The minimum atomic E-state index is -1.05. The van der Waals surface area contributed by atoms with Gasteiger partial charge in [-0.05, 0) is 37.0 Å². The third-order valence-corrected chi connectivity index (χ3v) is 5.36. The van der Waals surface area contributed by atoms with E-state index in [1.165, 1.54) is 7.11 Å². The van der Waals surface area contributed by atoms with E-state index in [2.05, 4.69) is 0 Å². The van der Waals surface area contributed by atoms with E-state index in [0.29, 0.717) is 35.3 Å². The smallest absolute Gasteiger partial charge is 0.347 e. The van der Waals surface area contributed by atoms with Crippen LogP contribution in [-0.4, -0.2) is 35.4 Å². The Labute approximate surface area is 187 Å². The van der Waals surface area contributed by atoms with Crippen LogP contribution in [0.2, 0.25) is 0 Å². The van der Waals surface area contributed by atoms with Gasteiger partial charge in [-0.1, -0.05) is 50.2 Å². The molecule has 2 N–H and O–H groups in total. The lowest BCUT2D eigenvalue weighted by Crippen LogP contribution is -2.30.